The Bertz CT molecular complexity index is 696. The first kappa shape index (κ1) is 24.4. The molecule has 1 aromatic heterocycles. The molecule has 3 unspecified atom stereocenters. The molecule has 3 amide bonds. The zero-order valence-electron chi connectivity index (χ0n) is 16.3. The highest BCUT2D eigenvalue weighted by molar-refractivity contribution is 7.80. The van der Waals surface area contributed by atoms with Crippen LogP contribution in [0.15, 0.2) is 12.5 Å². The lowest BCUT2D eigenvalue weighted by Gasteiger charge is -2.24. The lowest BCUT2D eigenvalue weighted by Crippen LogP contribution is -2.57. The monoisotopic (exact) mass is 428 g/mol. The van der Waals surface area contributed by atoms with Crippen molar-refractivity contribution in [2.75, 3.05) is 12.3 Å². The minimum Gasteiger partial charge on any atom is -0.480 e. The molecule has 0 aromatic carbocycles. The third-order valence-corrected chi connectivity index (χ3v) is 4.32. The maximum absolute atomic E-state index is 12.7. The summed E-state index contributed by atoms with van der Waals surface area (Å²) in [5, 5.41) is 16.7. The van der Waals surface area contributed by atoms with Gasteiger partial charge in [-0.05, 0) is 12.3 Å². The number of thiol groups is 1. The lowest BCUT2D eigenvalue weighted by atomic mass is 10.0. The molecule has 0 aliphatic carbocycles. The highest BCUT2D eigenvalue weighted by Crippen LogP contribution is 2.06. The molecule has 0 aliphatic rings. The Kier molecular flexibility index (Phi) is 10.2. The van der Waals surface area contributed by atoms with Crippen molar-refractivity contribution in [2.24, 2.45) is 11.7 Å². The molecule has 12 heteroatoms. The Hall–Kier alpha value is -2.60. The van der Waals surface area contributed by atoms with Crippen molar-refractivity contribution in [3.05, 3.63) is 18.2 Å². The van der Waals surface area contributed by atoms with E-state index in [1.54, 1.807) is 0 Å². The van der Waals surface area contributed by atoms with Crippen molar-refractivity contribution in [2.45, 2.75) is 44.8 Å². The lowest BCUT2D eigenvalue weighted by molar-refractivity contribution is -0.142. The molecule has 0 aliphatic heterocycles. The quantitative estimate of drug-likeness (QED) is 0.196. The number of carboxylic acids is 1. The van der Waals surface area contributed by atoms with E-state index in [9.17, 15) is 24.3 Å². The molecule has 7 N–H and O–H groups in total. The number of aromatic amines is 1. The standard InChI is InChI=1S/C17H28N6O5S/c1-9(2)3-12(17(27)28)22-16(26)13(7-29)23-15(25)11(21-14(24)5-18)4-10-6-19-8-20-10/h6,8-9,11-13,29H,3-5,7,18H2,1-2H3,(H,19,20)(H,21,24)(H,22,26)(H,23,25)(H,27,28). The van der Waals surface area contributed by atoms with Crippen molar-refractivity contribution in [3.8, 4) is 0 Å². The zero-order valence-corrected chi connectivity index (χ0v) is 17.2. The Labute approximate surface area is 174 Å². The van der Waals surface area contributed by atoms with Crippen LogP contribution in [0, 0.1) is 5.92 Å². The second-order valence-corrected chi connectivity index (χ2v) is 7.24. The number of carboxylic acid groups (broad SMARTS) is 1. The van der Waals surface area contributed by atoms with Crippen molar-refractivity contribution >= 4 is 36.3 Å². The minimum atomic E-state index is -1.16. The summed E-state index contributed by atoms with van der Waals surface area (Å²) in [7, 11) is 0. The van der Waals surface area contributed by atoms with Crippen LogP contribution in [0.4, 0.5) is 0 Å². The normalized spacial score (nSPS) is 14.0. The third-order valence-electron chi connectivity index (χ3n) is 3.95. The van der Waals surface area contributed by atoms with Crippen LogP contribution in [-0.2, 0) is 25.6 Å². The van der Waals surface area contributed by atoms with Crippen molar-refractivity contribution < 1.29 is 24.3 Å². The maximum atomic E-state index is 12.7. The van der Waals surface area contributed by atoms with Crippen LogP contribution in [0.25, 0.3) is 0 Å². The van der Waals surface area contributed by atoms with E-state index in [1.807, 2.05) is 13.8 Å². The molecule has 1 heterocycles. The van der Waals surface area contributed by atoms with Crippen LogP contribution >= 0.6 is 12.6 Å². The molecule has 0 saturated heterocycles. The molecule has 29 heavy (non-hydrogen) atoms. The molecular weight excluding hydrogens is 400 g/mol. The third kappa shape index (κ3) is 8.52. The van der Waals surface area contributed by atoms with Crippen LogP contribution in [0.3, 0.4) is 0 Å². The van der Waals surface area contributed by atoms with Crippen molar-refractivity contribution in [3.63, 3.8) is 0 Å². The summed E-state index contributed by atoms with van der Waals surface area (Å²) in [5.74, 6) is -3.03. The number of nitrogens with zero attached hydrogens (tertiary/aromatic N) is 1. The Morgan fingerprint density at radius 2 is 1.76 bits per heavy atom. The number of hydrogen-bond acceptors (Lipinski definition) is 7. The van der Waals surface area contributed by atoms with Crippen LogP contribution in [0.5, 0.6) is 0 Å². The number of amides is 3. The fraction of sp³-hybridized carbons (Fsp3) is 0.588. The molecule has 0 spiro atoms. The topological polar surface area (TPSA) is 179 Å². The Balaban J connectivity index is 2.83. The summed E-state index contributed by atoms with van der Waals surface area (Å²) >= 11 is 4.07. The summed E-state index contributed by atoms with van der Waals surface area (Å²) in [6.45, 7) is 3.36. The van der Waals surface area contributed by atoms with Gasteiger partial charge in [-0.3, -0.25) is 14.4 Å². The predicted octanol–water partition coefficient (Wildman–Crippen LogP) is -1.57. The number of H-pyrrole nitrogens is 1. The van der Waals surface area contributed by atoms with Gasteiger partial charge in [0.25, 0.3) is 0 Å². The summed E-state index contributed by atoms with van der Waals surface area (Å²) in [6.07, 6.45) is 3.27. The predicted molar refractivity (Wildman–Crippen MR) is 108 cm³/mol. The smallest absolute Gasteiger partial charge is 0.326 e. The van der Waals surface area contributed by atoms with Crippen molar-refractivity contribution in [1.29, 1.82) is 0 Å². The molecule has 1 aromatic rings. The Morgan fingerprint density at radius 3 is 2.24 bits per heavy atom. The average Bonchev–Trinajstić information content (AvgIpc) is 3.17. The molecule has 0 fully saturated rings. The first-order chi connectivity index (χ1) is 13.7. The number of hydrogen-bond donors (Lipinski definition) is 7. The number of aliphatic carboxylic acids is 1. The highest BCUT2D eigenvalue weighted by Gasteiger charge is 2.29. The molecular formula is C17H28N6O5S. The van der Waals surface area contributed by atoms with Gasteiger partial charge in [-0.1, -0.05) is 13.8 Å². The van der Waals surface area contributed by atoms with E-state index in [0.29, 0.717) is 5.69 Å². The average molecular weight is 429 g/mol. The van der Waals surface area contributed by atoms with Gasteiger partial charge in [0.2, 0.25) is 17.7 Å². The Morgan fingerprint density at radius 1 is 1.14 bits per heavy atom. The van der Waals surface area contributed by atoms with Crippen LogP contribution < -0.4 is 21.7 Å². The van der Waals surface area contributed by atoms with Gasteiger partial charge < -0.3 is 31.8 Å². The van der Waals surface area contributed by atoms with Gasteiger partial charge in [0, 0.05) is 24.1 Å². The highest BCUT2D eigenvalue weighted by atomic mass is 32.1. The van der Waals surface area contributed by atoms with Gasteiger partial charge >= 0.3 is 5.97 Å². The minimum absolute atomic E-state index is 0.0469. The molecule has 0 bridgehead atoms. The molecule has 3 atom stereocenters. The van der Waals surface area contributed by atoms with E-state index in [1.165, 1.54) is 12.5 Å². The van der Waals surface area contributed by atoms with E-state index in [4.69, 9.17) is 5.73 Å². The molecule has 11 nitrogen and oxygen atoms in total. The van der Waals surface area contributed by atoms with Gasteiger partial charge in [0.1, 0.15) is 18.1 Å². The van der Waals surface area contributed by atoms with Crippen LogP contribution in [0.1, 0.15) is 26.0 Å². The second kappa shape index (κ2) is 12.1. The summed E-state index contributed by atoms with van der Waals surface area (Å²) in [4.78, 5) is 54.8. The fourth-order valence-corrected chi connectivity index (χ4v) is 2.77. The van der Waals surface area contributed by atoms with Gasteiger partial charge in [0.15, 0.2) is 0 Å². The maximum Gasteiger partial charge on any atom is 0.326 e. The van der Waals surface area contributed by atoms with Crippen molar-refractivity contribution in [1.82, 2.24) is 25.9 Å². The van der Waals surface area contributed by atoms with Gasteiger partial charge in [-0.2, -0.15) is 12.6 Å². The summed E-state index contributed by atoms with van der Waals surface area (Å²) < 4.78 is 0. The van der Waals surface area contributed by atoms with Crippen LogP contribution in [-0.4, -0.2) is 69.2 Å². The van der Waals surface area contributed by atoms with E-state index in [0.717, 1.165) is 0 Å². The van der Waals surface area contributed by atoms with E-state index in [-0.39, 0.29) is 31.1 Å². The SMILES string of the molecule is CC(C)CC(NC(=O)C(CS)NC(=O)C(Cc1cnc[nH]1)NC(=O)CN)C(=O)O. The number of carbonyl (C=O) groups excluding carboxylic acids is 3. The number of aromatic nitrogens is 2. The first-order valence-corrected chi connectivity index (χ1v) is 9.72. The summed E-state index contributed by atoms with van der Waals surface area (Å²) in [6, 6.07) is -3.17. The largest absolute Gasteiger partial charge is 0.480 e. The van der Waals surface area contributed by atoms with Gasteiger partial charge in [0.05, 0.1) is 12.9 Å². The van der Waals surface area contributed by atoms with Gasteiger partial charge in [-0.25, -0.2) is 9.78 Å². The molecule has 162 valence electrons. The van der Waals surface area contributed by atoms with Crippen LogP contribution in [0.2, 0.25) is 0 Å². The fourth-order valence-electron chi connectivity index (χ4n) is 2.51. The number of nitrogens with one attached hydrogen (secondary N) is 4. The number of nitrogens with two attached hydrogens (primary N) is 1. The van der Waals surface area contributed by atoms with E-state index >= 15 is 0 Å². The molecule has 1 rings (SSSR count). The second-order valence-electron chi connectivity index (χ2n) is 6.88. The summed E-state index contributed by atoms with van der Waals surface area (Å²) in [5.41, 5.74) is 5.89. The molecule has 0 radical (unpaired) electrons. The number of rotatable bonds is 12. The number of carbonyl (C=O) groups is 4. The van der Waals surface area contributed by atoms with E-state index in [2.05, 4.69) is 38.5 Å². The van der Waals surface area contributed by atoms with E-state index < -0.39 is 41.8 Å². The zero-order chi connectivity index (χ0) is 22.0. The van der Waals surface area contributed by atoms with Gasteiger partial charge in [-0.15, -0.1) is 0 Å². The molecule has 0 saturated carbocycles. The number of imidazole rings is 1. The first-order valence-electron chi connectivity index (χ1n) is 9.09.